The molecule has 4 rings (SSSR count). The van der Waals surface area contributed by atoms with E-state index >= 15 is 0 Å². The first-order valence-electron chi connectivity index (χ1n) is 18.6. The van der Waals surface area contributed by atoms with Crippen molar-refractivity contribution in [1.82, 2.24) is 26.2 Å². The van der Waals surface area contributed by atoms with E-state index in [1.807, 2.05) is 93.3 Å². The Bertz CT molecular complexity index is 1480. The molecule has 0 radical (unpaired) electrons. The molecule has 6 atom stereocenters. The summed E-state index contributed by atoms with van der Waals surface area (Å²) in [6, 6.07) is 15.3. The molecular weight excluding hydrogens is 662 g/mol. The fourth-order valence-electron chi connectivity index (χ4n) is 6.27. The van der Waals surface area contributed by atoms with Crippen molar-refractivity contribution in [2.75, 3.05) is 39.5 Å². The van der Waals surface area contributed by atoms with Crippen LogP contribution in [0.5, 0.6) is 0 Å². The summed E-state index contributed by atoms with van der Waals surface area (Å²) >= 11 is 0. The molecule has 2 heterocycles. The fraction of sp³-hybridized carbons (Fsp3) is 0.575. The molecule has 0 aliphatic carbocycles. The van der Waals surface area contributed by atoms with Gasteiger partial charge in [-0.1, -0.05) is 94.8 Å². The van der Waals surface area contributed by atoms with Crippen LogP contribution in [0.4, 0.5) is 0 Å². The third-order valence-corrected chi connectivity index (χ3v) is 9.83. The number of nitrogens with one attached hydrogen (secondary N) is 4. The summed E-state index contributed by atoms with van der Waals surface area (Å²) in [5, 5.41) is 11.7. The van der Waals surface area contributed by atoms with Crippen LogP contribution in [-0.2, 0) is 46.3 Å². The summed E-state index contributed by atoms with van der Waals surface area (Å²) in [5.41, 5.74) is 0.909. The van der Waals surface area contributed by atoms with Gasteiger partial charge in [0.15, 0.2) is 5.78 Å². The first-order valence-corrected chi connectivity index (χ1v) is 18.6. The second kappa shape index (κ2) is 19.6. The molecule has 0 unspecified atom stereocenters. The number of benzene rings is 2. The third kappa shape index (κ3) is 12.5. The SMILES string of the molecule is CC[C@H](C)[C@H](NC(=O)[C@H](Cc1ccccc1)NC(=O)[C@H](CC(C)C)NC(=O)[C@H](CCc1ccccc1)NC(=O)CN1CCOCC1)C(=O)[C@]1(C)CO1. The van der Waals surface area contributed by atoms with Crippen LogP contribution in [-0.4, -0.2) is 104 Å². The van der Waals surface area contributed by atoms with E-state index in [0.717, 1.165) is 11.1 Å². The van der Waals surface area contributed by atoms with E-state index in [0.29, 0.717) is 58.6 Å². The maximum Gasteiger partial charge on any atom is 0.243 e. The number of hydrogen-bond acceptors (Lipinski definition) is 8. The molecule has 284 valence electrons. The van der Waals surface area contributed by atoms with Gasteiger partial charge < -0.3 is 30.7 Å². The molecule has 2 aliphatic heterocycles. The normalized spacial score (nSPS) is 20.1. The van der Waals surface area contributed by atoms with E-state index in [9.17, 15) is 24.0 Å². The largest absolute Gasteiger partial charge is 0.379 e. The Hall–Kier alpha value is -4.13. The van der Waals surface area contributed by atoms with Crippen molar-refractivity contribution in [3.63, 3.8) is 0 Å². The quantitative estimate of drug-likeness (QED) is 0.152. The van der Waals surface area contributed by atoms with E-state index in [-0.39, 0.29) is 36.5 Å². The van der Waals surface area contributed by atoms with Gasteiger partial charge in [0.2, 0.25) is 23.6 Å². The lowest BCUT2D eigenvalue weighted by molar-refractivity contribution is -0.135. The highest BCUT2D eigenvalue weighted by Crippen LogP contribution is 2.30. The number of carbonyl (C=O) groups excluding carboxylic acids is 5. The molecule has 2 aromatic carbocycles. The zero-order chi connectivity index (χ0) is 37.7. The van der Waals surface area contributed by atoms with E-state index in [2.05, 4.69) is 21.3 Å². The van der Waals surface area contributed by atoms with Crippen molar-refractivity contribution in [2.24, 2.45) is 11.8 Å². The lowest BCUT2D eigenvalue weighted by Crippen LogP contribution is -2.59. The first kappa shape index (κ1) is 40.6. The Morgan fingerprint density at radius 1 is 0.769 bits per heavy atom. The van der Waals surface area contributed by atoms with Crippen molar-refractivity contribution in [3.8, 4) is 0 Å². The third-order valence-electron chi connectivity index (χ3n) is 9.83. The van der Waals surface area contributed by atoms with Gasteiger partial charge >= 0.3 is 0 Å². The monoisotopic (exact) mass is 719 g/mol. The number of amides is 4. The summed E-state index contributed by atoms with van der Waals surface area (Å²) in [6.07, 6.45) is 1.99. The van der Waals surface area contributed by atoms with Gasteiger partial charge in [0.25, 0.3) is 0 Å². The Morgan fingerprint density at radius 3 is 1.90 bits per heavy atom. The van der Waals surface area contributed by atoms with Gasteiger partial charge in [-0.3, -0.25) is 28.9 Å². The molecule has 4 amide bonds. The lowest BCUT2D eigenvalue weighted by atomic mass is 9.89. The van der Waals surface area contributed by atoms with Crippen LogP contribution in [0.3, 0.4) is 0 Å². The number of aryl methyl sites for hydroxylation is 1. The summed E-state index contributed by atoms with van der Waals surface area (Å²) in [6.45, 7) is 12.2. The average molecular weight is 720 g/mol. The smallest absolute Gasteiger partial charge is 0.243 e. The molecular formula is C40H57N5O7. The summed E-state index contributed by atoms with van der Waals surface area (Å²) in [4.78, 5) is 70.6. The molecule has 52 heavy (non-hydrogen) atoms. The van der Waals surface area contributed by atoms with E-state index < -0.39 is 47.5 Å². The Labute approximate surface area is 308 Å². The van der Waals surface area contributed by atoms with Gasteiger partial charge in [-0.2, -0.15) is 0 Å². The minimum atomic E-state index is -1.03. The fourth-order valence-corrected chi connectivity index (χ4v) is 6.27. The molecule has 0 saturated carbocycles. The standard InChI is InChI=1S/C40H57N5O7/c1-6-28(4)35(36(47)40(5)26-52-40)44-39(50)33(24-30-15-11-8-12-16-30)43-38(49)32(23-27(2)3)42-37(48)31(18-17-29-13-9-7-10-14-29)41-34(46)25-45-19-21-51-22-20-45/h7-16,27-28,31-33,35H,6,17-26H2,1-5H3,(H,41,46)(H,42,48)(H,43,49)(H,44,50)/t28-,31-,32-,33-,35-,40-/m0/s1. The highest BCUT2D eigenvalue weighted by molar-refractivity contribution is 5.99. The van der Waals surface area contributed by atoms with E-state index in [4.69, 9.17) is 9.47 Å². The Morgan fingerprint density at radius 2 is 1.33 bits per heavy atom. The van der Waals surface area contributed by atoms with Crippen molar-refractivity contribution in [3.05, 3.63) is 71.8 Å². The van der Waals surface area contributed by atoms with Crippen molar-refractivity contribution in [1.29, 1.82) is 0 Å². The number of carbonyl (C=O) groups is 5. The average Bonchev–Trinajstić information content (AvgIpc) is 3.90. The molecule has 2 fully saturated rings. The van der Waals surface area contributed by atoms with Crippen LogP contribution in [0.15, 0.2) is 60.7 Å². The molecule has 0 bridgehead atoms. The molecule has 4 N–H and O–H groups in total. The number of rotatable bonds is 20. The molecule has 12 nitrogen and oxygen atoms in total. The topological polar surface area (TPSA) is 158 Å². The molecule has 2 aromatic rings. The van der Waals surface area contributed by atoms with E-state index in [1.54, 1.807) is 6.92 Å². The molecule has 0 spiro atoms. The summed E-state index contributed by atoms with van der Waals surface area (Å²) < 4.78 is 10.8. The number of hydrogen-bond donors (Lipinski definition) is 4. The number of ether oxygens (including phenoxy) is 2. The van der Waals surface area contributed by atoms with Gasteiger partial charge in [-0.15, -0.1) is 0 Å². The predicted molar refractivity (Wildman–Crippen MR) is 198 cm³/mol. The molecule has 0 aromatic heterocycles. The van der Waals surface area contributed by atoms with Crippen LogP contribution in [0.1, 0.15) is 65.0 Å². The lowest BCUT2D eigenvalue weighted by Gasteiger charge is -2.29. The molecule has 2 aliphatic rings. The zero-order valence-corrected chi connectivity index (χ0v) is 31.3. The molecule has 12 heteroatoms. The summed E-state index contributed by atoms with van der Waals surface area (Å²) in [5.74, 6) is -2.12. The Balaban J connectivity index is 1.52. The number of ketones is 1. The van der Waals surface area contributed by atoms with Gasteiger partial charge in [-0.05, 0) is 49.1 Å². The second-order valence-electron chi connectivity index (χ2n) is 14.7. The highest BCUT2D eigenvalue weighted by atomic mass is 16.6. The highest BCUT2D eigenvalue weighted by Gasteiger charge is 2.51. The van der Waals surface area contributed by atoms with Gasteiger partial charge in [0.05, 0.1) is 32.4 Å². The Kier molecular flexibility index (Phi) is 15.3. The minimum Gasteiger partial charge on any atom is -0.379 e. The van der Waals surface area contributed by atoms with Crippen molar-refractivity contribution >= 4 is 29.4 Å². The van der Waals surface area contributed by atoms with Gasteiger partial charge in [0, 0.05) is 19.5 Å². The van der Waals surface area contributed by atoms with E-state index in [1.165, 1.54) is 0 Å². The first-order chi connectivity index (χ1) is 24.9. The number of Topliss-reactive ketones (excluding diaryl/α,β-unsaturated/α-hetero) is 1. The van der Waals surface area contributed by atoms with Crippen LogP contribution in [0, 0.1) is 11.8 Å². The van der Waals surface area contributed by atoms with Crippen LogP contribution in [0.25, 0.3) is 0 Å². The maximum absolute atomic E-state index is 14.1. The van der Waals surface area contributed by atoms with Crippen LogP contribution >= 0.6 is 0 Å². The predicted octanol–water partition coefficient (Wildman–Crippen LogP) is 2.58. The zero-order valence-electron chi connectivity index (χ0n) is 31.3. The molecule has 2 saturated heterocycles. The van der Waals surface area contributed by atoms with Gasteiger partial charge in [-0.25, -0.2) is 0 Å². The maximum atomic E-state index is 14.1. The number of epoxide rings is 1. The van der Waals surface area contributed by atoms with Crippen molar-refractivity contribution < 1.29 is 33.4 Å². The van der Waals surface area contributed by atoms with Crippen LogP contribution in [0.2, 0.25) is 0 Å². The minimum absolute atomic E-state index is 0.0165. The number of morpholine rings is 1. The second-order valence-corrected chi connectivity index (χ2v) is 14.7. The van der Waals surface area contributed by atoms with Gasteiger partial charge in [0.1, 0.15) is 23.7 Å². The summed E-state index contributed by atoms with van der Waals surface area (Å²) in [7, 11) is 0. The van der Waals surface area contributed by atoms with Crippen molar-refractivity contribution in [2.45, 2.75) is 96.5 Å². The number of nitrogens with zero attached hydrogens (tertiary/aromatic N) is 1. The van der Waals surface area contributed by atoms with Crippen LogP contribution < -0.4 is 21.3 Å².